The molecular weight excluding hydrogens is 263 g/mol. The molecule has 0 saturated heterocycles. The summed E-state index contributed by atoms with van der Waals surface area (Å²) in [5, 5.41) is 0. The maximum atomic E-state index is 13.6. The van der Waals surface area contributed by atoms with E-state index in [1.54, 1.807) is 12.1 Å². The van der Waals surface area contributed by atoms with E-state index in [0.717, 1.165) is 24.9 Å². The minimum atomic E-state index is -0.201. The molecule has 0 radical (unpaired) electrons. The molecule has 110 valence electrons. The predicted molar refractivity (Wildman–Crippen MR) is 84.9 cm³/mol. The van der Waals surface area contributed by atoms with E-state index in [-0.39, 0.29) is 17.9 Å². The second-order valence-corrected chi connectivity index (χ2v) is 5.64. The number of hydrogen-bond donors (Lipinski definition) is 1. The Kier molecular flexibility index (Phi) is 3.93. The lowest BCUT2D eigenvalue weighted by Gasteiger charge is -2.35. The van der Waals surface area contributed by atoms with E-state index in [0.29, 0.717) is 0 Å². The van der Waals surface area contributed by atoms with Crippen molar-refractivity contribution in [3.63, 3.8) is 0 Å². The first kappa shape index (κ1) is 14.1. The monoisotopic (exact) mass is 284 g/mol. The number of rotatable bonds is 4. The number of fused-ring (bicyclic) bond motifs is 1. The average Bonchev–Trinajstić information content (AvgIpc) is 2.91. The molecule has 0 spiro atoms. The summed E-state index contributed by atoms with van der Waals surface area (Å²) < 4.78 is 13.6. The first-order valence-corrected chi connectivity index (χ1v) is 7.56. The van der Waals surface area contributed by atoms with Crippen molar-refractivity contribution in [3.05, 3.63) is 65.5 Å². The first-order valence-electron chi connectivity index (χ1n) is 7.56. The van der Waals surface area contributed by atoms with Crippen LogP contribution < -0.4 is 10.6 Å². The molecule has 0 bridgehead atoms. The molecule has 0 aliphatic carbocycles. The van der Waals surface area contributed by atoms with Crippen LogP contribution in [-0.2, 0) is 6.42 Å². The highest BCUT2D eigenvalue weighted by Crippen LogP contribution is 2.36. The van der Waals surface area contributed by atoms with E-state index < -0.39 is 0 Å². The van der Waals surface area contributed by atoms with Gasteiger partial charge in [0, 0.05) is 18.3 Å². The van der Waals surface area contributed by atoms with E-state index in [1.165, 1.54) is 17.3 Å². The Bertz CT molecular complexity index is 626. The Hall–Kier alpha value is -1.87. The molecule has 2 N–H and O–H groups in total. The summed E-state index contributed by atoms with van der Waals surface area (Å²) in [5.41, 5.74) is 9.91. The normalized spacial score (nSPS) is 16.6. The number of benzene rings is 2. The fourth-order valence-electron chi connectivity index (χ4n) is 3.22. The smallest absolute Gasteiger partial charge is 0.123 e. The third-order valence-corrected chi connectivity index (χ3v) is 4.33. The number of nitrogens with two attached hydrogens (primary N) is 1. The lowest BCUT2D eigenvalue weighted by Crippen LogP contribution is -2.40. The molecule has 0 saturated carbocycles. The van der Waals surface area contributed by atoms with Gasteiger partial charge in [0.2, 0.25) is 0 Å². The topological polar surface area (TPSA) is 29.3 Å². The maximum Gasteiger partial charge on any atom is 0.123 e. The summed E-state index contributed by atoms with van der Waals surface area (Å²) in [5.74, 6) is -0.201. The third-order valence-electron chi connectivity index (χ3n) is 4.33. The van der Waals surface area contributed by atoms with Crippen LogP contribution in [0.15, 0.2) is 48.5 Å². The summed E-state index contributed by atoms with van der Waals surface area (Å²) in [6.07, 6.45) is 1.89. The highest BCUT2D eigenvalue weighted by Gasteiger charge is 2.30. The summed E-state index contributed by atoms with van der Waals surface area (Å²) in [6.45, 7) is 3.02. The van der Waals surface area contributed by atoms with Crippen molar-refractivity contribution in [2.24, 2.45) is 5.73 Å². The molecule has 2 atom stereocenters. The fraction of sp³-hybridized carbons (Fsp3) is 0.333. The second kappa shape index (κ2) is 5.86. The zero-order valence-corrected chi connectivity index (χ0v) is 12.3. The largest absolute Gasteiger partial charge is 0.362 e. The zero-order chi connectivity index (χ0) is 14.8. The maximum absolute atomic E-state index is 13.6. The van der Waals surface area contributed by atoms with Gasteiger partial charge < -0.3 is 10.6 Å². The summed E-state index contributed by atoms with van der Waals surface area (Å²) >= 11 is 0. The van der Waals surface area contributed by atoms with Crippen LogP contribution in [0.1, 0.15) is 30.5 Å². The molecule has 2 aromatic rings. The van der Waals surface area contributed by atoms with Gasteiger partial charge in [-0.2, -0.15) is 0 Å². The van der Waals surface area contributed by atoms with E-state index in [9.17, 15) is 4.39 Å². The van der Waals surface area contributed by atoms with E-state index in [1.807, 2.05) is 6.07 Å². The Morgan fingerprint density at radius 3 is 2.76 bits per heavy atom. The molecule has 21 heavy (non-hydrogen) atoms. The van der Waals surface area contributed by atoms with Gasteiger partial charge in [-0.3, -0.25) is 0 Å². The lowest BCUT2D eigenvalue weighted by molar-refractivity contribution is 0.495. The lowest BCUT2D eigenvalue weighted by atomic mass is 9.96. The van der Waals surface area contributed by atoms with Gasteiger partial charge in [-0.25, -0.2) is 4.39 Å². The standard InChI is InChI=1S/C18H21FN2/c1-2-16(20)18(14-7-5-8-15(19)12-14)21-11-10-13-6-3-4-9-17(13)21/h3-9,12,16,18H,2,10-11,20H2,1H3. The Morgan fingerprint density at radius 2 is 2.00 bits per heavy atom. The Balaban J connectivity index is 2.02. The molecule has 2 unspecified atom stereocenters. The van der Waals surface area contributed by atoms with Gasteiger partial charge in [-0.05, 0) is 42.2 Å². The highest BCUT2D eigenvalue weighted by atomic mass is 19.1. The molecule has 0 aromatic heterocycles. The van der Waals surface area contributed by atoms with Crippen LogP contribution in [0.5, 0.6) is 0 Å². The van der Waals surface area contributed by atoms with Crippen LogP contribution in [-0.4, -0.2) is 12.6 Å². The van der Waals surface area contributed by atoms with Crippen LogP contribution in [0.25, 0.3) is 0 Å². The molecule has 2 nitrogen and oxygen atoms in total. The van der Waals surface area contributed by atoms with Crippen LogP contribution in [0, 0.1) is 5.82 Å². The molecule has 0 fully saturated rings. The van der Waals surface area contributed by atoms with Crippen LogP contribution in [0.3, 0.4) is 0 Å². The van der Waals surface area contributed by atoms with Gasteiger partial charge in [-0.1, -0.05) is 37.3 Å². The van der Waals surface area contributed by atoms with Gasteiger partial charge >= 0.3 is 0 Å². The van der Waals surface area contributed by atoms with Crippen LogP contribution in [0.4, 0.5) is 10.1 Å². The average molecular weight is 284 g/mol. The quantitative estimate of drug-likeness (QED) is 0.928. The first-order chi connectivity index (χ1) is 10.2. The highest BCUT2D eigenvalue weighted by molar-refractivity contribution is 5.59. The van der Waals surface area contributed by atoms with Gasteiger partial charge in [0.1, 0.15) is 5.82 Å². The predicted octanol–water partition coefficient (Wildman–Crippen LogP) is 3.67. The van der Waals surface area contributed by atoms with E-state index in [2.05, 4.69) is 36.1 Å². The van der Waals surface area contributed by atoms with E-state index in [4.69, 9.17) is 5.73 Å². The molecule has 2 aromatic carbocycles. The van der Waals surface area contributed by atoms with Gasteiger partial charge in [-0.15, -0.1) is 0 Å². The second-order valence-electron chi connectivity index (χ2n) is 5.64. The number of halogens is 1. The number of anilines is 1. The van der Waals surface area contributed by atoms with Crippen molar-refractivity contribution in [2.45, 2.75) is 31.8 Å². The summed E-state index contributed by atoms with van der Waals surface area (Å²) in [4.78, 5) is 2.33. The van der Waals surface area contributed by atoms with Crippen LogP contribution >= 0.6 is 0 Å². The molecule has 3 rings (SSSR count). The van der Waals surface area contributed by atoms with Crippen LogP contribution in [0.2, 0.25) is 0 Å². The Labute approximate surface area is 125 Å². The fourth-order valence-corrected chi connectivity index (χ4v) is 3.22. The summed E-state index contributed by atoms with van der Waals surface area (Å²) in [7, 11) is 0. The number of para-hydroxylation sites is 1. The SMILES string of the molecule is CCC(N)C(c1cccc(F)c1)N1CCc2ccccc21. The molecule has 0 amide bonds. The molecule has 1 heterocycles. The third kappa shape index (κ3) is 2.66. The Morgan fingerprint density at radius 1 is 1.19 bits per heavy atom. The molecule has 1 aliphatic heterocycles. The van der Waals surface area contributed by atoms with Gasteiger partial charge in [0.05, 0.1) is 6.04 Å². The van der Waals surface area contributed by atoms with Crippen molar-refractivity contribution >= 4 is 5.69 Å². The van der Waals surface area contributed by atoms with Crippen molar-refractivity contribution in [2.75, 3.05) is 11.4 Å². The van der Waals surface area contributed by atoms with E-state index >= 15 is 0 Å². The minimum absolute atomic E-state index is 0.0158. The summed E-state index contributed by atoms with van der Waals surface area (Å²) in [6, 6.07) is 15.3. The number of nitrogens with zero attached hydrogens (tertiary/aromatic N) is 1. The molecule has 1 aliphatic rings. The van der Waals surface area contributed by atoms with Crippen molar-refractivity contribution < 1.29 is 4.39 Å². The number of hydrogen-bond acceptors (Lipinski definition) is 2. The van der Waals surface area contributed by atoms with Gasteiger partial charge in [0.25, 0.3) is 0 Å². The van der Waals surface area contributed by atoms with Crippen molar-refractivity contribution in [1.29, 1.82) is 0 Å². The van der Waals surface area contributed by atoms with Gasteiger partial charge in [0.15, 0.2) is 0 Å². The zero-order valence-electron chi connectivity index (χ0n) is 12.3. The van der Waals surface area contributed by atoms with Crippen molar-refractivity contribution in [1.82, 2.24) is 0 Å². The van der Waals surface area contributed by atoms with Crippen molar-refractivity contribution in [3.8, 4) is 0 Å². The minimum Gasteiger partial charge on any atom is -0.362 e. The molecule has 3 heteroatoms. The molecular formula is C18H21FN2.